The molecule has 2 rings (SSSR count). The molecule has 1 aromatic heterocycles. The van der Waals surface area contributed by atoms with Crippen molar-refractivity contribution in [3.8, 4) is 0 Å². The molecule has 100 valence electrons. The van der Waals surface area contributed by atoms with Gasteiger partial charge in [0, 0.05) is 19.6 Å². The van der Waals surface area contributed by atoms with Crippen LogP contribution in [0.2, 0.25) is 0 Å². The van der Waals surface area contributed by atoms with Crippen LogP contribution in [0.5, 0.6) is 0 Å². The topological polar surface area (TPSA) is 37.4 Å². The maximum Gasteiger partial charge on any atom is 0.131 e. The van der Waals surface area contributed by atoms with Crippen LogP contribution in [0.25, 0.3) is 0 Å². The molecule has 0 spiro atoms. The Morgan fingerprint density at radius 2 is 2.28 bits per heavy atom. The van der Waals surface area contributed by atoms with E-state index in [1.807, 2.05) is 12.1 Å². The molecule has 0 amide bonds. The van der Waals surface area contributed by atoms with Crippen LogP contribution in [0.4, 0.5) is 11.6 Å². The number of aromatic nitrogens is 1. The lowest BCUT2D eigenvalue weighted by Crippen LogP contribution is -2.52. The maximum atomic E-state index is 5.92. The summed E-state index contributed by atoms with van der Waals surface area (Å²) in [5.41, 5.74) is -0.118. The highest BCUT2D eigenvalue weighted by Crippen LogP contribution is 2.25. The number of nitrogens with one attached hydrogen (secondary N) is 1. The van der Waals surface area contributed by atoms with Crippen LogP contribution in [-0.4, -0.2) is 36.3 Å². The van der Waals surface area contributed by atoms with Crippen molar-refractivity contribution in [3.63, 3.8) is 0 Å². The van der Waals surface area contributed by atoms with E-state index >= 15 is 0 Å². The van der Waals surface area contributed by atoms with E-state index in [9.17, 15) is 0 Å². The van der Waals surface area contributed by atoms with Gasteiger partial charge in [-0.05, 0) is 39.8 Å². The average Bonchev–Trinajstić information content (AvgIpc) is 2.27. The summed E-state index contributed by atoms with van der Waals surface area (Å²) in [7, 11) is 0. The standard InChI is InChI=1S/C14H23N3O/c1-5-15-12-7-6-8-13(16-12)17-9-11(2)18-14(3,4)10-17/h6-8,11H,5,9-10H2,1-4H3,(H,15,16). The van der Waals surface area contributed by atoms with E-state index in [4.69, 9.17) is 4.74 Å². The molecule has 4 nitrogen and oxygen atoms in total. The van der Waals surface area contributed by atoms with Crippen molar-refractivity contribution in [2.75, 3.05) is 29.9 Å². The van der Waals surface area contributed by atoms with Crippen molar-refractivity contribution in [2.45, 2.75) is 39.4 Å². The molecule has 0 saturated carbocycles. The number of anilines is 2. The number of hydrogen-bond donors (Lipinski definition) is 1. The van der Waals surface area contributed by atoms with Crippen molar-refractivity contribution < 1.29 is 4.74 Å². The zero-order chi connectivity index (χ0) is 13.2. The fourth-order valence-electron chi connectivity index (χ4n) is 2.51. The second kappa shape index (κ2) is 5.14. The zero-order valence-electron chi connectivity index (χ0n) is 11.7. The van der Waals surface area contributed by atoms with Gasteiger partial charge in [0.25, 0.3) is 0 Å². The number of nitrogens with zero attached hydrogens (tertiary/aromatic N) is 2. The Labute approximate surface area is 109 Å². The van der Waals surface area contributed by atoms with Crippen LogP contribution in [0, 0.1) is 0 Å². The van der Waals surface area contributed by atoms with Crippen LogP contribution in [0.15, 0.2) is 18.2 Å². The van der Waals surface area contributed by atoms with Gasteiger partial charge in [-0.15, -0.1) is 0 Å². The van der Waals surface area contributed by atoms with Crippen molar-refractivity contribution >= 4 is 11.6 Å². The third kappa shape index (κ3) is 3.13. The highest BCUT2D eigenvalue weighted by molar-refractivity contribution is 5.47. The van der Waals surface area contributed by atoms with Gasteiger partial charge in [-0.1, -0.05) is 6.07 Å². The Bertz CT molecular complexity index is 406. The first kappa shape index (κ1) is 13.1. The summed E-state index contributed by atoms with van der Waals surface area (Å²) in [5, 5.41) is 3.25. The van der Waals surface area contributed by atoms with E-state index in [0.717, 1.165) is 31.3 Å². The molecular formula is C14H23N3O. The molecule has 1 atom stereocenters. The Hall–Kier alpha value is -1.29. The third-order valence-electron chi connectivity index (χ3n) is 2.99. The van der Waals surface area contributed by atoms with E-state index < -0.39 is 0 Å². The summed E-state index contributed by atoms with van der Waals surface area (Å²) in [5.74, 6) is 1.96. The third-order valence-corrected chi connectivity index (χ3v) is 2.99. The molecule has 1 aliphatic rings. The smallest absolute Gasteiger partial charge is 0.131 e. The van der Waals surface area contributed by atoms with Crippen LogP contribution >= 0.6 is 0 Å². The van der Waals surface area contributed by atoms with Gasteiger partial charge >= 0.3 is 0 Å². The second-order valence-electron chi connectivity index (χ2n) is 5.48. The van der Waals surface area contributed by atoms with E-state index in [2.05, 4.69) is 49.0 Å². The molecule has 0 aliphatic carbocycles. The highest BCUT2D eigenvalue weighted by atomic mass is 16.5. The van der Waals surface area contributed by atoms with Crippen LogP contribution < -0.4 is 10.2 Å². The van der Waals surface area contributed by atoms with Gasteiger partial charge in [0.05, 0.1) is 11.7 Å². The minimum absolute atomic E-state index is 0.118. The lowest BCUT2D eigenvalue weighted by atomic mass is 10.1. The molecule has 18 heavy (non-hydrogen) atoms. The second-order valence-corrected chi connectivity index (χ2v) is 5.48. The van der Waals surface area contributed by atoms with Crippen molar-refractivity contribution in [3.05, 3.63) is 18.2 Å². The summed E-state index contributed by atoms with van der Waals surface area (Å²) >= 11 is 0. The van der Waals surface area contributed by atoms with Crippen LogP contribution in [0.1, 0.15) is 27.7 Å². The summed E-state index contributed by atoms with van der Waals surface area (Å²) in [6, 6.07) is 6.12. The van der Waals surface area contributed by atoms with Gasteiger partial charge in [0.15, 0.2) is 0 Å². The lowest BCUT2D eigenvalue weighted by molar-refractivity contribution is -0.0751. The Morgan fingerprint density at radius 3 is 2.94 bits per heavy atom. The quantitative estimate of drug-likeness (QED) is 0.893. The summed E-state index contributed by atoms with van der Waals surface area (Å²) in [4.78, 5) is 6.95. The molecule has 1 saturated heterocycles. The normalized spacial score (nSPS) is 22.9. The molecule has 1 unspecified atom stereocenters. The molecule has 0 radical (unpaired) electrons. The molecule has 2 heterocycles. The van der Waals surface area contributed by atoms with Gasteiger partial charge in [-0.3, -0.25) is 0 Å². The summed E-state index contributed by atoms with van der Waals surface area (Å²) in [6.07, 6.45) is 0.235. The Kier molecular flexibility index (Phi) is 3.76. The molecule has 1 N–H and O–H groups in total. The fraction of sp³-hybridized carbons (Fsp3) is 0.643. The van der Waals surface area contributed by atoms with Gasteiger partial charge in [0.2, 0.25) is 0 Å². The number of pyridine rings is 1. The SMILES string of the molecule is CCNc1cccc(N2CC(C)OC(C)(C)C2)n1. The monoisotopic (exact) mass is 249 g/mol. The molecule has 1 aromatic rings. The van der Waals surface area contributed by atoms with E-state index in [0.29, 0.717) is 0 Å². The maximum absolute atomic E-state index is 5.92. The minimum atomic E-state index is -0.118. The molecule has 1 aliphatic heterocycles. The van der Waals surface area contributed by atoms with Gasteiger partial charge in [-0.2, -0.15) is 0 Å². The van der Waals surface area contributed by atoms with E-state index in [-0.39, 0.29) is 11.7 Å². The van der Waals surface area contributed by atoms with Gasteiger partial charge < -0.3 is 15.0 Å². The first-order chi connectivity index (χ1) is 8.50. The van der Waals surface area contributed by atoms with Crippen LogP contribution in [0.3, 0.4) is 0 Å². The molecule has 1 fully saturated rings. The minimum Gasteiger partial charge on any atom is -0.370 e. The molecule has 4 heteroatoms. The molecular weight excluding hydrogens is 226 g/mol. The first-order valence-corrected chi connectivity index (χ1v) is 6.64. The fourth-order valence-corrected chi connectivity index (χ4v) is 2.51. The van der Waals surface area contributed by atoms with Crippen molar-refractivity contribution in [1.29, 1.82) is 0 Å². The van der Waals surface area contributed by atoms with E-state index in [1.54, 1.807) is 0 Å². The number of ether oxygens (including phenoxy) is 1. The number of morpholine rings is 1. The number of rotatable bonds is 3. The first-order valence-electron chi connectivity index (χ1n) is 6.64. The Morgan fingerprint density at radius 1 is 1.50 bits per heavy atom. The van der Waals surface area contributed by atoms with E-state index in [1.165, 1.54) is 0 Å². The van der Waals surface area contributed by atoms with Gasteiger partial charge in [-0.25, -0.2) is 4.98 Å². The zero-order valence-corrected chi connectivity index (χ0v) is 11.7. The van der Waals surface area contributed by atoms with Crippen molar-refractivity contribution in [1.82, 2.24) is 4.98 Å². The average molecular weight is 249 g/mol. The van der Waals surface area contributed by atoms with Crippen LogP contribution in [-0.2, 0) is 4.74 Å². The molecule has 0 bridgehead atoms. The van der Waals surface area contributed by atoms with Gasteiger partial charge in [0.1, 0.15) is 11.6 Å². The predicted octanol–water partition coefficient (Wildman–Crippen LogP) is 2.52. The largest absolute Gasteiger partial charge is 0.370 e. The number of hydrogen-bond acceptors (Lipinski definition) is 4. The predicted molar refractivity (Wildman–Crippen MR) is 75.2 cm³/mol. The lowest BCUT2D eigenvalue weighted by Gasteiger charge is -2.42. The summed E-state index contributed by atoms with van der Waals surface area (Å²) < 4.78 is 5.92. The van der Waals surface area contributed by atoms with Crippen molar-refractivity contribution in [2.24, 2.45) is 0 Å². The Balaban J connectivity index is 2.17. The highest BCUT2D eigenvalue weighted by Gasteiger charge is 2.31. The molecule has 0 aromatic carbocycles. The summed E-state index contributed by atoms with van der Waals surface area (Å²) in [6.45, 7) is 11.1.